The molecule has 3 aromatic heterocycles. The highest BCUT2D eigenvalue weighted by molar-refractivity contribution is 5.94. The fourth-order valence-corrected chi connectivity index (χ4v) is 6.05. The molecule has 0 bridgehead atoms. The van der Waals surface area contributed by atoms with E-state index in [-0.39, 0.29) is 30.8 Å². The van der Waals surface area contributed by atoms with E-state index in [4.69, 9.17) is 19.4 Å². The lowest BCUT2D eigenvalue weighted by molar-refractivity contribution is -0.00546. The number of nitrogens with one attached hydrogen (secondary N) is 1. The minimum absolute atomic E-state index is 0.146. The molecule has 2 aliphatic heterocycles. The third-order valence-corrected chi connectivity index (χ3v) is 8.22. The van der Waals surface area contributed by atoms with Crippen LogP contribution in [-0.4, -0.2) is 75.8 Å². The van der Waals surface area contributed by atoms with Crippen molar-refractivity contribution in [3.63, 3.8) is 0 Å². The number of morpholine rings is 1. The van der Waals surface area contributed by atoms with Gasteiger partial charge in [0, 0.05) is 43.3 Å². The number of carbonyl (C=O) groups is 2. The topological polar surface area (TPSA) is 110 Å². The van der Waals surface area contributed by atoms with Crippen molar-refractivity contribution in [1.82, 2.24) is 25.2 Å². The van der Waals surface area contributed by atoms with Crippen LogP contribution < -0.4 is 10.2 Å². The Morgan fingerprint density at radius 3 is 2.43 bits per heavy atom. The molecule has 10 nitrogen and oxygen atoms in total. The lowest BCUT2D eigenvalue weighted by atomic mass is 10.00. The Labute approximate surface area is 270 Å². The standard InChI is InChI=1S/C36H42N6O4/c1-23-21-42(22-24(2)45-23)33-8-6-7-30(40-33)31-12-11-28-19-37-29(18-32(28)39-31)20-38-34(43)27-10-9-25-13-15-41(16-14-26(25)17-27)35(44)46-36(3,4)5/h6-12,17-19,23-24H,13-16,20-22H2,1-5H3,(H,38,43)/t23-,24+. The number of hydrogen-bond donors (Lipinski definition) is 1. The number of amides is 2. The first kappa shape index (κ1) is 31.4. The zero-order valence-corrected chi connectivity index (χ0v) is 27.2. The predicted molar refractivity (Wildman–Crippen MR) is 178 cm³/mol. The first-order valence-corrected chi connectivity index (χ1v) is 16.0. The number of benzene rings is 1. The molecule has 2 amide bonds. The summed E-state index contributed by atoms with van der Waals surface area (Å²) in [6.45, 7) is 12.8. The van der Waals surface area contributed by atoms with E-state index in [9.17, 15) is 9.59 Å². The first-order chi connectivity index (χ1) is 22.0. The van der Waals surface area contributed by atoms with Crippen molar-refractivity contribution in [2.75, 3.05) is 31.1 Å². The zero-order chi connectivity index (χ0) is 32.4. The van der Waals surface area contributed by atoms with Gasteiger partial charge in [-0.15, -0.1) is 0 Å². The monoisotopic (exact) mass is 622 g/mol. The van der Waals surface area contributed by atoms with Gasteiger partial charge in [-0.2, -0.15) is 0 Å². The van der Waals surface area contributed by atoms with E-state index in [0.29, 0.717) is 30.8 Å². The van der Waals surface area contributed by atoms with Gasteiger partial charge < -0.3 is 24.6 Å². The summed E-state index contributed by atoms with van der Waals surface area (Å²) in [5.41, 5.74) is 5.35. The van der Waals surface area contributed by atoms with E-state index in [0.717, 1.165) is 58.7 Å². The van der Waals surface area contributed by atoms with E-state index >= 15 is 0 Å². The quantitative estimate of drug-likeness (QED) is 0.308. The molecule has 5 heterocycles. The molecule has 0 aliphatic carbocycles. The van der Waals surface area contributed by atoms with Crippen LogP contribution in [0.5, 0.6) is 0 Å². The van der Waals surface area contributed by atoms with Gasteiger partial charge in [0.1, 0.15) is 11.4 Å². The van der Waals surface area contributed by atoms with Gasteiger partial charge >= 0.3 is 6.09 Å². The van der Waals surface area contributed by atoms with E-state index in [1.807, 2.05) is 75.4 Å². The zero-order valence-electron chi connectivity index (χ0n) is 27.2. The van der Waals surface area contributed by atoms with Crippen LogP contribution in [0.1, 0.15) is 61.8 Å². The summed E-state index contributed by atoms with van der Waals surface area (Å²) >= 11 is 0. The fraction of sp³-hybridized carbons (Fsp3) is 0.417. The second-order valence-corrected chi connectivity index (χ2v) is 13.2. The lowest BCUT2D eigenvalue weighted by Gasteiger charge is -2.36. The van der Waals surface area contributed by atoms with Crippen LogP contribution in [0.3, 0.4) is 0 Å². The van der Waals surface area contributed by atoms with Crippen molar-refractivity contribution in [1.29, 1.82) is 0 Å². The van der Waals surface area contributed by atoms with E-state index < -0.39 is 5.60 Å². The Hall–Kier alpha value is -4.57. The molecule has 0 unspecified atom stereocenters. The average molecular weight is 623 g/mol. The molecule has 1 aromatic carbocycles. The van der Waals surface area contributed by atoms with Crippen LogP contribution in [0.2, 0.25) is 0 Å². The smallest absolute Gasteiger partial charge is 0.410 e. The van der Waals surface area contributed by atoms with E-state index in [2.05, 4.69) is 29.0 Å². The number of ether oxygens (including phenoxy) is 2. The van der Waals surface area contributed by atoms with Crippen molar-refractivity contribution in [3.05, 3.63) is 83.2 Å². The summed E-state index contributed by atoms with van der Waals surface area (Å²) in [5.74, 6) is 0.741. The van der Waals surface area contributed by atoms with Gasteiger partial charge in [-0.3, -0.25) is 9.78 Å². The summed E-state index contributed by atoms with van der Waals surface area (Å²) in [6, 6.07) is 17.7. The van der Waals surface area contributed by atoms with Crippen LogP contribution in [0.25, 0.3) is 22.3 Å². The normalized spacial score (nSPS) is 18.5. The number of fused-ring (bicyclic) bond motifs is 2. The van der Waals surface area contributed by atoms with Gasteiger partial charge in [0.15, 0.2) is 0 Å². The molecule has 1 fully saturated rings. The van der Waals surface area contributed by atoms with Crippen LogP contribution in [-0.2, 0) is 28.9 Å². The number of aromatic nitrogens is 3. The van der Waals surface area contributed by atoms with Crippen molar-refractivity contribution >= 4 is 28.7 Å². The maximum Gasteiger partial charge on any atom is 0.410 e. The number of anilines is 1. The number of pyridine rings is 3. The molecule has 1 saturated heterocycles. The predicted octanol–water partition coefficient (Wildman–Crippen LogP) is 5.57. The molecule has 0 radical (unpaired) electrons. The Morgan fingerprint density at radius 1 is 0.935 bits per heavy atom. The Kier molecular flexibility index (Phi) is 8.90. The first-order valence-electron chi connectivity index (χ1n) is 16.0. The van der Waals surface area contributed by atoms with Crippen LogP contribution in [0.4, 0.5) is 10.6 Å². The number of carbonyl (C=O) groups excluding carboxylic acids is 2. The maximum absolute atomic E-state index is 13.2. The van der Waals surface area contributed by atoms with Gasteiger partial charge in [-0.1, -0.05) is 12.1 Å². The summed E-state index contributed by atoms with van der Waals surface area (Å²) in [6.07, 6.45) is 3.16. The van der Waals surface area contributed by atoms with Crippen LogP contribution >= 0.6 is 0 Å². The molecule has 6 rings (SSSR count). The lowest BCUT2D eigenvalue weighted by Crippen LogP contribution is -2.45. The van der Waals surface area contributed by atoms with Crippen molar-refractivity contribution in [3.8, 4) is 11.4 Å². The summed E-state index contributed by atoms with van der Waals surface area (Å²) in [4.78, 5) is 44.2. The van der Waals surface area contributed by atoms with Crippen molar-refractivity contribution < 1.29 is 19.1 Å². The Morgan fingerprint density at radius 2 is 1.67 bits per heavy atom. The average Bonchev–Trinajstić information content (AvgIpc) is 3.24. The van der Waals surface area contributed by atoms with E-state index in [1.54, 1.807) is 11.1 Å². The van der Waals surface area contributed by atoms with E-state index in [1.165, 1.54) is 0 Å². The van der Waals surface area contributed by atoms with Crippen molar-refractivity contribution in [2.45, 2.75) is 71.8 Å². The van der Waals surface area contributed by atoms with Gasteiger partial charge in [-0.05, 0) is 101 Å². The Bertz CT molecular complexity index is 1740. The number of hydrogen-bond acceptors (Lipinski definition) is 8. The van der Waals surface area contributed by atoms with Gasteiger partial charge in [-0.25, -0.2) is 14.8 Å². The molecule has 0 saturated carbocycles. The number of rotatable bonds is 5. The molecule has 10 heteroatoms. The molecule has 1 N–H and O–H groups in total. The molecular formula is C36H42N6O4. The summed E-state index contributed by atoms with van der Waals surface area (Å²) in [5, 5.41) is 3.92. The molecule has 2 atom stereocenters. The molecule has 240 valence electrons. The highest BCUT2D eigenvalue weighted by Crippen LogP contribution is 2.25. The highest BCUT2D eigenvalue weighted by atomic mass is 16.6. The molecule has 46 heavy (non-hydrogen) atoms. The van der Waals surface area contributed by atoms with Gasteiger partial charge in [0.05, 0.1) is 41.4 Å². The highest BCUT2D eigenvalue weighted by Gasteiger charge is 2.25. The van der Waals surface area contributed by atoms with Crippen LogP contribution in [0, 0.1) is 0 Å². The molecule has 4 aromatic rings. The Balaban J connectivity index is 1.11. The van der Waals surface area contributed by atoms with Gasteiger partial charge in [0.2, 0.25) is 0 Å². The van der Waals surface area contributed by atoms with Crippen LogP contribution in [0.15, 0.2) is 60.8 Å². The van der Waals surface area contributed by atoms with Gasteiger partial charge in [0.25, 0.3) is 5.91 Å². The summed E-state index contributed by atoms with van der Waals surface area (Å²) < 4.78 is 11.5. The fourth-order valence-electron chi connectivity index (χ4n) is 6.05. The third-order valence-electron chi connectivity index (χ3n) is 8.22. The van der Waals surface area contributed by atoms with Crippen molar-refractivity contribution in [2.24, 2.45) is 0 Å². The third kappa shape index (κ3) is 7.45. The molecular weight excluding hydrogens is 580 g/mol. The largest absolute Gasteiger partial charge is 0.444 e. The molecule has 0 spiro atoms. The minimum Gasteiger partial charge on any atom is -0.444 e. The summed E-state index contributed by atoms with van der Waals surface area (Å²) in [7, 11) is 0. The minimum atomic E-state index is -0.538. The SMILES string of the molecule is C[C@@H]1CN(c2cccc(-c3ccc4cnc(CNC(=O)c5ccc6c(c5)CCN(C(=O)OC(C)(C)C)CC6)cc4n3)n2)C[C@H](C)O1. The number of nitrogens with zero attached hydrogens (tertiary/aromatic N) is 5. The maximum atomic E-state index is 13.2. The molecule has 2 aliphatic rings. The second kappa shape index (κ2) is 13.0. The second-order valence-electron chi connectivity index (χ2n) is 13.2.